The second kappa shape index (κ2) is 8.81. The van der Waals surface area contributed by atoms with E-state index in [1.54, 1.807) is 18.5 Å². The monoisotopic (exact) mass is 454 g/mol. The number of methoxy groups -OCH3 is 1. The topological polar surface area (TPSA) is 124 Å². The second-order valence-corrected chi connectivity index (χ2v) is 7.75. The van der Waals surface area contributed by atoms with Crippen LogP contribution in [0.15, 0.2) is 54.9 Å². The number of aromatic amines is 1. The third-order valence-corrected chi connectivity index (χ3v) is 5.73. The van der Waals surface area contributed by atoms with Crippen LogP contribution in [0, 0.1) is 6.92 Å². The van der Waals surface area contributed by atoms with Gasteiger partial charge in [0.2, 0.25) is 5.82 Å². The Labute approximate surface area is 195 Å². The number of hydrogen-bond donors (Lipinski definition) is 1. The number of hydrogen-bond acceptors (Lipinski definition) is 8. The Morgan fingerprint density at radius 1 is 1.18 bits per heavy atom. The smallest absolute Gasteiger partial charge is 0.356 e. The summed E-state index contributed by atoms with van der Waals surface area (Å²) in [5.41, 5.74) is 5.03. The van der Waals surface area contributed by atoms with Crippen LogP contribution in [0.2, 0.25) is 0 Å². The molecule has 5 rings (SSSR count). The highest BCUT2D eigenvalue weighted by Gasteiger charge is 2.28. The van der Waals surface area contributed by atoms with Gasteiger partial charge in [-0.15, -0.1) is 10.2 Å². The van der Waals surface area contributed by atoms with Gasteiger partial charge in [-0.1, -0.05) is 37.3 Å². The third-order valence-electron chi connectivity index (χ3n) is 5.73. The lowest BCUT2D eigenvalue weighted by Gasteiger charge is -2.24. The molecule has 1 aromatic carbocycles. The summed E-state index contributed by atoms with van der Waals surface area (Å²) in [5.74, 6) is 0.783. The van der Waals surface area contributed by atoms with Crippen molar-refractivity contribution in [2.45, 2.75) is 26.3 Å². The van der Waals surface area contributed by atoms with Gasteiger partial charge < -0.3 is 9.30 Å². The molecule has 34 heavy (non-hydrogen) atoms. The van der Waals surface area contributed by atoms with Gasteiger partial charge in [-0.3, -0.25) is 4.98 Å². The van der Waals surface area contributed by atoms with Crippen molar-refractivity contribution in [3.8, 4) is 11.4 Å². The van der Waals surface area contributed by atoms with Gasteiger partial charge >= 0.3 is 5.97 Å². The molecule has 0 bridgehead atoms. The van der Waals surface area contributed by atoms with E-state index >= 15 is 0 Å². The van der Waals surface area contributed by atoms with E-state index in [9.17, 15) is 4.79 Å². The quantitative estimate of drug-likeness (QED) is 0.388. The number of rotatable bonds is 6. The van der Waals surface area contributed by atoms with E-state index in [1.165, 1.54) is 7.11 Å². The van der Waals surface area contributed by atoms with Gasteiger partial charge in [0, 0.05) is 29.9 Å². The Balaban J connectivity index is 1.85. The first-order chi connectivity index (χ1) is 16.6. The lowest BCUT2D eigenvalue weighted by molar-refractivity contribution is 0.0594. The molecule has 4 heterocycles. The predicted octanol–water partition coefficient (Wildman–Crippen LogP) is 3.30. The lowest BCUT2D eigenvalue weighted by Crippen LogP contribution is -2.17. The van der Waals surface area contributed by atoms with Gasteiger partial charge in [0.05, 0.1) is 13.2 Å². The van der Waals surface area contributed by atoms with Crippen LogP contribution in [0.5, 0.6) is 0 Å². The number of carbonyl (C=O) groups is 1. The number of nitrogens with zero attached hydrogens (tertiary/aromatic N) is 7. The standard InChI is InChI=1S/C24H22N8O2/c1-4-19-27-20-14(2)12-18(24(33)34-3)26-23(20)32(19)21(15-8-6-5-7-9-15)17-13-25-11-10-16(17)22-28-30-31-29-22/h5-13,21H,4H2,1-3H3,(H,28,29,30,31). The maximum atomic E-state index is 12.4. The number of benzene rings is 1. The van der Waals surface area contributed by atoms with Gasteiger partial charge in [-0.05, 0) is 35.4 Å². The first kappa shape index (κ1) is 21.4. The molecule has 1 N–H and O–H groups in total. The normalized spacial score (nSPS) is 12.1. The van der Waals surface area contributed by atoms with Crippen LogP contribution >= 0.6 is 0 Å². The minimum Gasteiger partial charge on any atom is -0.464 e. The van der Waals surface area contributed by atoms with Crippen molar-refractivity contribution >= 4 is 17.1 Å². The molecule has 170 valence electrons. The van der Waals surface area contributed by atoms with Crippen LogP contribution in [-0.4, -0.2) is 53.2 Å². The van der Waals surface area contributed by atoms with Crippen molar-refractivity contribution in [2.75, 3.05) is 7.11 Å². The molecule has 0 saturated carbocycles. The molecule has 1 unspecified atom stereocenters. The number of fused-ring (bicyclic) bond motifs is 1. The maximum Gasteiger partial charge on any atom is 0.356 e. The van der Waals surface area contributed by atoms with E-state index in [1.807, 2.05) is 50.2 Å². The number of carbonyl (C=O) groups excluding carboxylic acids is 1. The zero-order chi connectivity index (χ0) is 23.7. The molecule has 0 aliphatic rings. The number of imidazole rings is 1. The first-order valence-corrected chi connectivity index (χ1v) is 10.8. The Hall–Kier alpha value is -4.47. The zero-order valence-electron chi connectivity index (χ0n) is 18.9. The van der Waals surface area contributed by atoms with Crippen molar-refractivity contribution in [3.63, 3.8) is 0 Å². The minimum absolute atomic E-state index is 0.229. The van der Waals surface area contributed by atoms with Gasteiger partial charge in [-0.25, -0.2) is 14.8 Å². The molecule has 0 aliphatic heterocycles. The number of ether oxygens (including phenoxy) is 1. The summed E-state index contributed by atoms with van der Waals surface area (Å²) in [6.45, 7) is 3.96. The second-order valence-electron chi connectivity index (χ2n) is 7.75. The van der Waals surface area contributed by atoms with Gasteiger partial charge in [0.25, 0.3) is 0 Å². The number of tetrazole rings is 1. The molecule has 5 aromatic rings. The van der Waals surface area contributed by atoms with Crippen LogP contribution < -0.4 is 0 Å². The number of H-pyrrole nitrogens is 1. The molecule has 0 saturated heterocycles. The molecule has 4 aromatic heterocycles. The van der Waals surface area contributed by atoms with E-state index in [0.717, 1.165) is 33.6 Å². The summed E-state index contributed by atoms with van der Waals surface area (Å²) in [6.07, 6.45) is 4.15. The number of aromatic nitrogens is 8. The van der Waals surface area contributed by atoms with Crippen LogP contribution in [-0.2, 0) is 11.2 Å². The molecule has 0 aliphatic carbocycles. The van der Waals surface area contributed by atoms with E-state index in [2.05, 4.69) is 30.2 Å². The van der Waals surface area contributed by atoms with Crippen LogP contribution in [0.4, 0.5) is 0 Å². The maximum absolute atomic E-state index is 12.4. The number of aryl methyl sites for hydroxylation is 2. The fourth-order valence-electron chi connectivity index (χ4n) is 4.20. The third kappa shape index (κ3) is 3.58. The van der Waals surface area contributed by atoms with Crippen molar-refractivity contribution in [3.05, 3.63) is 83.1 Å². The highest BCUT2D eigenvalue weighted by molar-refractivity contribution is 5.91. The minimum atomic E-state index is -0.499. The fourth-order valence-corrected chi connectivity index (χ4v) is 4.20. The number of nitrogens with one attached hydrogen (secondary N) is 1. The molecule has 0 fully saturated rings. The Bertz CT molecular complexity index is 1460. The summed E-state index contributed by atoms with van der Waals surface area (Å²) >= 11 is 0. The number of pyridine rings is 2. The summed E-state index contributed by atoms with van der Waals surface area (Å²) < 4.78 is 7.00. The molecule has 0 amide bonds. The average Bonchev–Trinajstić information content (AvgIpc) is 3.54. The fraction of sp³-hybridized carbons (Fsp3) is 0.208. The number of esters is 1. The van der Waals surface area contributed by atoms with Crippen LogP contribution in [0.25, 0.3) is 22.6 Å². The molecule has 1 atom stereocenters. The molecule has 0 radical (unpaired) electrons. The highest BCUT2D eigenvalue weighted by atomic mass is 16.5. The van der Waals surface area contributed by atoms with Gasteiger partial charge in [0.15, 0.2) is 11.3 Å². The zero-order valence-corrected chi connectivity index (χ0v) is 18.9. The molecule has 0 spiro atoms. The lowest BCUT2D eigenvalue weighted by atomic mass is 9.95. The highest BCUT2D eigenvalue weighted by Crippen LogP contribution is 2.36. The molecular formula is C24H22N8O2. The largest absolute Gasteiger partial charge is 0.464 e. The molecule has 10 nitrogen and oxygen atoms in total. The van der Waals surface area contributed by atoms with Crippen LogP contribution in [0.3, 0.4) is 0 Å². The summed E-state index contributed by atoms with van der Waals surface area (Å²) in [7, 11) is 1.35. The summed E-state index contributed by atoms with van der Waals surface area (Å²) in [5, 5.41) is 14.6. The predicted molar refractivity (Wildman–Crippen MR) is 124 cm³/mol. The van der Waals surface area contributed by atoms with E-state index < -0.39 is 5.97 Å². The van der Waals surface area contributed by atoms with Crippen molar-refractivity contribution in [1.82, 2.24) is 40.1 Å². The van der Waals surface area contributed by atoms with E-state index in [0.29, 0.717) is 17.9 Å². The Morgan fingerprint density at radius 3 is 2.71 bits per heavy atom. The van der Waals surface area contributed by atoms with Crippen molar-refractivity contribution in [2.24, 2.45) is 0 Å². The van der Waals surface area contributed by atoms with Crippen molar-refractivity contribution < 1.29 is 9.53 Å². The Morgan fingerprint density at radius 2 is 2.00 bits per heavy atom. The van der Waals surface area contributed by atoms with Crippen LogP contribution in [0.1, 0.15) is 46.0 Å². The SMILES string of the molecule is CCc1nc2c(C)cc(C(=O)OC)nc2n1C(c1ccccc1)c1cnccc1-c1nn[nH]n1. The van der Waals surface area contributed by atoms with Crippen molar-refractivity contribution in [1.29, 1.82) is 0 Å². The molecule has 10 heteroatoms. The van der Waals surface area contributed by atoms with Gasteiger partial charge in [-0.2, -0.15) is 5.21 Å². The Kier molecular flexibility index (Phi) is 5.54. The summed E-state index contributed by atoms with van der Waals surface area (Å²) in [6, 6.07) is 13.2. The molecular weight excluding hydrogens is 432 g/mol. The first-order valence-electron chi connectivity index (χ1n) is 10.8. The average molecular weight is 454 g/mol. The summed E-state index contributed by atoms with van der Waals surface area (Å²) in [4.78, 5) is 26.4. The van der Waals surface area contributed by atoms with E-state index in [-0.39, 0.29) is 11.7 Å². The van der Waals surface area contributed by atoms with Gasteiger partial charge in [0.1, 0.15) is 11.3 Å². The van der Waals surface area contributed by atoms with E-state index in [4.69, 9.17) is 14.7 Å².